The molecule has 0 aliphatic heterocycles. The first-order chi connectivity index (χ1) is 4.91. The van der Waals surface area contributed by atoms with Crippen molar-refractivity contribution in [3.63, 3.8) is 0 Å². The fourth-order valence-electron chi connectivity index (χ4n) is 1.21. The zero-order valence-corrected chi connectivity index (χ0v) is 10.5. The molecule has 0 amide bonds. The summed E-state index contributed by atoms with van der Waals surface area (Å²) >= 11 is 0. The zero-order chi connectivity index (χ0) is 7.66. The maximum Gasteiger partial charge on any atom is 0.0195 e. The molecule has 0 spiro atoms. The molecule has 0 nitrogen and oxygen atoms in total. The molecule has 10 heavy (non-hydrogen) atoms. The van der Waals surface area contributed by atoms with Crippen LogP contribution in [0.3, 0.4) is 0 Å². The first-order valence-electron chi connectivity index (χ1n) is 4.91. The van der Waals surface area contributed by atoms with Gasteiger partial charge in [-0.25, -0.2) is 0 Å². The molecular weight excluding hydrogens is 152 g/mol. The average molecular weight is 174 g/mol. The maximum absolute atomic E-state index is 2.34. The van der Waals surface area contributed by atoms with E-state index in [0.29, 0.717) is 19.0 Å². The van der Waals surface area contributed by atoms with Crippen LogP contribution in [0.25, 0.3) is 0 Å². The fourth-order valence-corrected chi connectivity index (χ4v) is 3.62. The lowest BCUT2D eigenvalue weighted by atomic mass is 10.4. The van der Waals surface area contributed by atoms with Crippen molar-refractivity contribution in [2.45, 2.75) is 50.9 Å². The summed E-state index contributed by atoms with van der Waals surface area (Å²) < 4.78 is 0. The van der Waals surface area contributed by atoms with Crippen LogP contribution in [0.1, 0.15) is 26.7 Å². The predicted molar refractivity (Wildman–Crippen MR) is 56.9 cm³/mol. The van der Waals surface area contributed by atoms with Crippen molar-refractivity contribution in [1.82, 2.24) is 0 Å². The van der Waals surface area contributed by atoms with Crippen LogP contribution in [-0.2, 0) is 0 Å². The van der Waals surface area contributed by atoms with Crippen LogP contribution < -0.4 is 0 Å². The van der Waals surface area contributed by atoms with Gasteiger partial charge in [-0.05, 0) is 0 Å². The molecule has 0 N–H and O–H groups in total. The van der Waals surface area contributed by atoms with Crippen LogP contribution in [-0.4, -0.2) is 19.0 Å². The molecule has 62 valence electrons. The van der Waals surface area contributed by atoms with Crippen molar-refractivity contribution >= 4 is 19.0 Å². The van der Waals surface area contributed by atoms with Crippen LogP contribution in [0.2, 0.25) is 24.2 Å². The largest absolute Gasteiger partial charge is 0.0683 e. The van der Waals surface area contributed by atoms with Gasteiger partial charge in [0, 0.05) is 19.0 Å². The van der Waals surface area contributed by atoms with Crippen molar-refractivity contribution in [3.05, 3.63) is 0 Å². The van der Waals surface area contributed by atoms with Crippen LogP contribution >= 0.6 is 0 Å². The Labute approximate surface area is 70.4 Å². The third-order valence-corrected chi connectivity index (χ3v) is 5.37. The standard InChI is InChI=1S/C8H22Si2/c1-3-9-7-5-6-8-10-4-2/h3-10H2,1-2H3. The van der Waals surface area contributed by atoms with E-state index >= 15 is 0 Å². The average Bonchev–Trinajstić information content (AvgIpc) is 1.97. The van der Waals surface area contributed by atoms with Gasteiger partial charge in [-0.15, -0.1) is 0 Å². The van der Waals surface area contributed by atoms with Gasteiger partial charge in [0.2, 0.25) is 0 Å². The SMILES string of the molecule is CC[SiH2]CCCC[SiH2]CC. The molecule has 0 saturated heterocycles. The van der Waals surface area contributed by atoms with E-state index in [1.165, 1.54) is 12.1 Å². The van der Waals surface area contributed by atoms with E-state index in [2.05, 4.69) is 13.8 Å². The number of rotatable bonds is 7. The second-order valence-electron chi connectivity index (χ2n) is 3.12. The quantitative estimate of drug-likeness (QED) is 0.408. The van der Waals surface area contributed by atoms with Gasteiger partial charge in [0.1, 0.15) is 0 Å². The minimum atomic E-state index is 0.403. The Morgan fingerprint density at radius 1 is 0.800 bits per heavy atom. The lowest BCUT2D eigenvalue weighted by molar-refractivity contribution is 0.870. The van der Waals surface area contributed by atoms with Crippen molar-refractivity contribution in [2.24, 2.45) is 0 Å². The first kappa shape index (κ1) is 10.4. The third kappa shape index (κ3) is 8.43. The molecule has 0 aromatic rings. The molecular formula is C8H22Si2. The van der Waals surface area contributed by atoms with E-state index in [0.717, 1.165) is 0 Å². The fraction of sp³-hybridized carbons (Fsp3) is 1.00. The van der Waals surface area contributed by atoms with Crippen LogP contribution in [0.4, 0.5) is 0 Å². The number of hydrogen-bond donors (Lipinski definition) is 0. The van der Waals surface area contributed by atoms with Crippen molar-refractivity contribution in [3.8, 4) is 0 Å². The molecule has 2 heteroatoms. The molecule has 0 heterocycles. The van der Waals surface area contributed by atoms with Gasteiger partial charge in [-0.3, -0.25) is 0 Å². The van der Waals surface area contributed by atoms with Crippen LogP contribution in [0.5, 0.6) is 0 Å². The number of unbranched alkanes of at least 4 members (excludes halogenated alkanes) is 1. The third-order valence-electron chi connectivity index (χ3n) is 1.96. The highest BCUT2D eigenvalue weighted by molar-refractivity contribution is 6.35. The smallest absolute Gasteiger partial charge is 0.0195 e. The van der Waals surface area contributed by atoms with Gasteiger partial charge in [0.15, 0.2) is 0 Å². The van der Waals surface area contributed by atoms with E-state index < -0.39 is 0 Å². The maximum atomic E-state index is 2.34. The lowest BCUT2D eigenvalue weighted by Crippen LogP contribution is -1.89. The Morgan fingerprint density at radius 2 is 1.20 bits per heavy atom. The van der Waals surface area contributed by atoms with Gasteiger partial charge >= 0.3 is 0 Å². The minimum Gasteiger partial charge on any atom is -0.0683 e. The second-order valence-corrected chi connectivity index (χ2v) is 7.95. The summed E-state index contributed by atoms with van der Waals surface area (Å²) in [5, 5.41) is 0. The van der Waals surface area contributed by atoms with Gasteiger partial charge in [-0.2, -0.15) is 0 Å². The molecule has 0 aromatic carbocycles. The Hall–Kier alpha value is 0.434. The van der Waals surface area contributed by atoms with Crippen molar-refractivity contribution in [1.29, 1.82) is 0 Å². The molecule has 0 atom stereocenters. The van der Waals surface area contributed by atoms with Crippen LogP contribution in [0.15, 0.2) is 0 Å². The summed E-state index contributed by atoms with van der Waals surface area (Å²) in [4.78, 5) is 0. The Kier molecular flexibility index (Phi) is 9.84. The first-order valence-corrected chi connectivity index (χ1v) is 8.91. The Morgan fingerprint density at radius 3 is 1.50 bits per heavy atom. The van der Waals surface area contributed by atoms with Gasteiger partial charge in [-0.1, -0.05) is 50.9 Å². The molecule has 0 aromatic heterocycles. The molecule has 0 radical (unpaired) electrons. The molecule has 0 aliphatic rings. The molecule has 0 saturated carbocycles. The van der Waals surface area contributed by atoms with Gasteiger partial charge in [0.05, 0.1) is 0 Å². The van der Waals surface area contributed by atoms with E-state index in [-0.39, 0.29) is 0 Å². The van der Waals surface area contributed by atoms with E-state index in [4.69, 9.17) is 0 Å². The van der Waals surface area contributed by atoms with Crippen molar-refractivity contribution in [2.75, 3.05) is 0 Å². The summed E-state index contributed by atoms with van der Waals surface area (Å²) in [5.41, 5.74) is 0. The molecule has 0 bridgehead atoms. The molecule has 0 rings (SSSR count). The lowest BCUT2D eigenvalue weighted by Gasteiger charge is -1.96. The molecule has 0 fully saturated rings. The summed E-state index contributed by atoms with van der Waals surface area (Å²) in [5.74, 6) is 0. The minimum absolute atomic E-state index is 0.403. The normalized spacial score (nSPS) is 12.6. The highest BCUT2D eigenvalue weighted by Crippen LogP contribution is 2.01. The highest BCUT2D eigenvalue weighted by Gasteiger charge is 1.88. The summed E-state index contributed by atoms with van der Waals surface area (Å²) in [7, 11) is 0.806. The summed E-state index contributed by atoms with van der Waals surface area (Å²) in [6.45, 7) is 4.68. The topological polar surface area (TPSA) is 0 Å². The van der Waals surface area contributed by atoms with E-state index in [1.807, 2.05) is 0 Å². The Balaban J connectivity index is 2.65. The highest BCUT2D eigenvalue weighted by atomic mass is 28.2. The predicted octanol–water partition coefficient (Wildman–Crippen LogP) is 1.82. The van der Waals surface area contributed by atoms with Gasteiger partial charge in [0.25, 0.3) is 0 Å². The number of hydrogen-bond acceptors (Lipinski definition) is 0. The summed E-state index contributed by atoms with van der Waals surface area (Å²) in [6, 6.07) is 6.28. The molecule has 0 aliphatic carbocycles. The van der Waals surface area contributed by atoms with Gasteiger partial charge < -0.3 is 0 Å². The van der Waals surface area contributed by atoms with E-state index in [1.54, 1.807) is 24.9 Å². The zero-order valence-electron chi connectivity index (χ0n) is 7.66. The Bertz CT molecular complexity index is 47.2. The summed E-state index contributed by atoms with van der Waals surface area (Å²) in [6.07, 6.45) is 3.13. The van der Waals surface area contributed by atoms with E-state index in [9.17, 15) is 0 Å². The second kappa shape index (κ2) is 9.43. The molecule has 0 unspecified atom stereocenters. The monoisotopic (exact) mass is 174 g/mol. The van der Waals surface area contributed by atoms with Crippen molar-refractivity contribution < 1.29 is 0 Å². The van der Waals surface area contributed by atoms with Crippen LogP contribution in [0, 0.1) is 0 Å².